The van der Waals surface area contributed by atoms with E-state index >= 15 is 0 Å². The predicted octanol–water partition coefficient (Wildman–Crippen LogP) is 0.306. The smallest absolute Gasteiger partial charge is 0.106 e. The molecular weight excluding hydrogens is 206 g/mol. The van der Waals surface area contributed by atoms with Gasteiger partial charge in [-0.15, -0.1) is 0 Å². The average molecular weight is 221 g/mol. The van der Waals surface area contributed by atoms with Crippen molar-refractivity contribution in [2.75, 3.05) is 6.54 Å². The number of nitrogens with zero attached hydrogens (tertiary/aromatic N) is 1. The van der Waals surface area contributed by atoms with E-state index in [-0.39, 0.29) is 0 Å². The number of aliphatic hydroxyl groups excluding tert-OH is 2. The molecule has 2 atom stereocenters. The van der Waals surface area contributed by atoms with Gasteiger partial charge in [-0.3, -0.25) is 5.10 Å². The number of fused-ring (bicyclic) bond motifs is 1. The summed E-state index contributed by atoms with van der Waals surface area (Å²) >= 11 is 0. The summed E-state index contributed by atoms with van der Waals surface area (Å²) in [7, 11) is 0. The van der Waals surface area contributed by atoms with Crippen molar-refractivity contribution in [3.63, 3.8) is 0 Å². The van der Waals surface area contributed by atoms with Gasteiger partial charge >= 0.3 is 0 Å². The number of hydrogen-bond acceptors (Lipinski definition) is 4. The van der Waals surface area contributed by atoms with Gasteiger partial charge in [0.1, 0.15) is 6.10 Å². The molecule has 16 heavy (non-hydrogen) atoms. The lowest BCUT2D eigenvalue weighted by atomic mass is 9.99. The van der Waals surface area contributed by atoms with E-state index in [0.29, 0.717) is 18.5 Å². The number of rotatable bonds is 4. The highest BCUT2D eigenvalue weighted by atomic mass is 16.3. The highest BCUT2D eigenvalue weighted by Crippen LogP contribution is 2.25. The van der Waals surface area contributed by atoms with E-state index < -0.39 is 12.2 Å². The molecule has 5 nitrogen and oxygen atoms in total. The summed E-state index contributed by atoms with van der Waals surface area (Å²) in [4.78, 5) is 0. The van der Waals surface area contributed by atoms with Crippen LogP contribution in [0, 0.1) is 0 Å². The number of aromatic nitrogens is 2. The summed E-state index contributed by atoms with van der Waals surface area (Å²) in [6.07, 6.45) is 0.244. The highest BCUT2D eigenvalue weighted by Gasteiger charge is 2.19. The van der Waals surface area contributed by atoms with Crippen molar-refractivity contribution in [1.29, 1.82) is 0 Å². The molecule has 2 rings (SSSR count). The van der Waals surface area contributed by atoms with E-state index in [9.17, 15) is 10.2 Å². The fraction of sp³-hybridized carbons (Fsp3) is 0.364. The van der Waals surface area contributed by atoms with Gasteiger partial charge in [0.2, 0.25) is 0 Å². The highest BCUT2D eigenvalue weighted by molar-refractivity contribution is 5.81. The number of benzene rings is 1. The fourth-order valence-corrected chi connectivity index (χ4v) is 1.78. The minimum atomic E-state index is -0.926. The lowest BCUT2D eigenvalue weighted by molar-refractivity contribution is 0.0159. The summed E-state index contributed by atoms with van der Waals surface area (Å²) in [6.45, 7) is 0.347. The molecule has 0 spiro atoms. The van der Waals surface area contributed by atoms with Crippen molar-refractivity contribution in [1.82, 2.24) is 10.2 Å². The van der Waals surface area contributed by atoms with E-state index in [1.807, 2.05) is 12.1 Å². The molecule has 2 aromatic rings. The second-order valence-corrected chi connectivity index (χ2v) is 3.77. The normalized spacial score (nSPS) is 15.2. The van der Waals surface area contributed by atoms with Crippen LogP contribution in [0.5, 0.6) is 0 Å². The van der Waals surface area contributed by atoms with Crippen LogP contribution in [0.15, 0.2) is 24.4 Å². The molecule has 0 amide bonds. The Bertz CT molecular complexity index is 469. The Morgan fingerprint density at radius 2 is 2.19 bits per heavy atom. The van der Waals surface area contributed by atoms with Gasteiger partial charge in [0.15, 0.2) is 0 Å². The molecular formula is C11H15N3O2. The zero-order chi connectivity index (χ0) is 11.5. The summed E-state index contributed by atoms with van der Waals surface area (Å²) in [5.74, 6) is 0. The standard InChI is InChI=1S/C11H15N3O2/c12-5-4-10(15)11(16)7-2-1-3-9-8(7)6-13-14-9/h1-3,6,10-11,15-16H,4-5,12H2,(H,13,14). The van der Waals surface area contributed by atoms with Gasteiger partial charge in [-0.1, -0.05) is 12.1 Å². The Labute approximate surface area is 92.9 Å². The van der Waals surface area contributed by atoms with Crippen LogP contribution in [-0.4, -0.2) is 33.1 Å². The van der Waals surface area contributed by atoms with Crippen LogP contribution in [0.1, 0.15) is 18.1 Å². The van der Waals surface area contributed by atoms with Crippen molar-refractivity contribution in [2.45, 2.75) is 18.6 Å². The van der Waals surface area contributed by atoms with Crippen LogP contribution in [0.3, 0.4) is 0 Å². The molecule has 86 valence electrons. The molecule has 5 heteroatoms. The van der Waals surface area contributed by atoms with Crippen molar-refractivity contribution >= 4 is 10.9 Å². The number of H-pyrrole nitrogens is 1. The minimum Gasteiger partial charge on any atom is -0.390 e. The molecule has 0 saturated carbocycles. The molecule has 5 N–H and O–H groups in total. The molecule has 0 aliphatic rings. The quantitative estimate of drug-likeness (QED) is 0.597. The van der Waals surface area contributed by atoms with Crippen LogP contribution >= 0.6 is 0 Å². The molecule has 1 aromatic carbocycles. The van der Waals surface area contributed by atoms with Crippen molar-refractivity contribution in [2.24, 2.45) is 5.73 Å². The largest absolute Gasteiger partial charge is 0.390 e. The van der Waals surface area contributed by atoms with Gasteiger partial charge in [0, 0.05) is 5.39 Å². The molecule has 0 fully saturated rings. The first-order valence-electron chi connectivity index (χ1n) is 5.22. The Morgan fingerprint density at radius 1 is 1.38 bits per heavy atom. The van der Waals surface area contributed by atoms with Gasteiger partial charge in [0.05, 0.1) is 17.8 Å². The molecule has 1 heterocycles. The topological polar surface area (TPSA) is 95.2 Å². The number of aromatic amines is 1. The van der Waals surface area contributed by atoms with Crippen LogP contribution in [-0.2, 0) is 0 Å². The molecule has 1 aromatic heterocycles. The SMILES string of the molecule is NCCC(O)C(O)c1cccc2[nH]ncc12. The maximum absolute atomic E-state index is 9.99. The maximum atomic E-state index is 9.99. The van der Waals surface area contributed by atoms with Crippen molar-refractivity contribution < 1.29 is 10.2 Å². The zero-order valence-electron chi connectivity index (χ0n) is 8.80. The lowest BCUT2D eigenvalue weighted by Crippen LogP contribution is -2.21. The summed E-state index contributed by atoms with van der Waals surface area (Å²) in [5, 5.41) is 27.2. The number of hydrogen-bond donors (Lipinski definition) is 4. The monoisotopic (exact) mass is 221 g/mol. The minimum absolute atomic E-state index is 0.347. The Kier molecular flexibility index (Phi) is 3.19. The lowest BCUT2D eigenvalue weighted by Gasteiger charge is -2.17. The second-order valence-electron chi connectivity index (χ2n) is 3.77. The summed E-state index contributed by atoms with van der Waals surface area (Å²) < 4.78 is 0. The summed E-state index contributed by atoms with van der Waals surface area (Å²) in [5.41, 5.74) is 6.87. The van der Waals surface area contributed by atoms with E-state index in [0.717, 1.165) is 10.9 Å². The average Bonchev–Trinajstić information content (AvgIpc) is 2.76. The molecule has 0 aliphatic carbocycles. The van der Waals surface area contributed by atoms with Crippen LogP contribution in [0.2, 0.25) is 0 Å². The summed E-state index contributed by atoms with van der Waals surface area (Å²) in [6, 6.07) is 5.46. The first kappa shape index (κ1) is 11.1. The van der Waals surface area contributed by atoms with E-state index in [2.05, 4.69) is 10.2 Å². The number of nitrogens with one attached hydrogen (secondary N) is 1. The van der Waals surface area contributed by atoms with Gasteiger partial charge in [-0.25, -0.2) is 0 Å². The van der Waals surface area contributed by atoms with E-state index in [1.165, 1.54) is 0 Å². The third-order valence-electron chi connectivity index (χ3n) is 2.66. The number of nitrogens with two attached hydrogens (primary N) is 1. The van der Waals surface area contributed by atoms with Crippen molar-refractivity contribution in [3.8, 4) is 0 Å². The maximum Gasteiger partial charge on any atom is 0.106 e. The van der Waals surface area contributed by atoms with Crippen LogP contribution in [0.25, 0.3) is 10.9 Å². The molecule has 0 bridgehead atoms. The van der Waals surface area contributed by atoms with Gasteiger partial charge < -0.3 is 15.9 Å². The first-order chi connectivity index (χ1) is 7.74. The molecule has 2 unspecified atom stereocenters. The van der Waals surface area contributed by atoms with Crippen LogP contribution in [0.4, 0.5) is 0 Å². The molecule has 0 saturated heterocycles. The zero-order valence-corrected chi connectivity index (χ0v) is 8.80. The van der Waals surface area contributed by atoms with Crippen LogP contribution < -0.4 is 5.73 Å². The van der Waals surface area contributed by atoms with Crippen molar-refractivity contribution in [3.05, 3.63) is 30.0 Å². The molecule has 0 radical (unpaired) electrons. The first-order valence-corrected chi connectivity index (χ1v) is 5.22. The third-order valence-corrected chi connectivity index (χ3v) is 2.66. The Hall–Kier alpha value is -1.43. The Morgan fingerprint density at radius 3 is 2.94 bits per heavy atom. The number of aliphatic hydroxyl groups is 2. The van der Waals surface area contributed by atoms with Gasteiger partial charge in [0.25, 0.3) is 0 Å². The second kappa shape index (κ2) is 4.61. The van der Waals surface area contributed by atoms with Gasteiger partial charge in [-0.2, -0.15) is 5.10 Å². The predicted molar refractivity (Wildman–Crippen MR) is 60.7 cm³/mol. The fourth-order valence-electron chi connectivity index (χ4n) is 1.78. The molecule has 0 aliphatic heterocycles. The Balaban J connectivity index is 2.35. The van der Waals surface area contributed by atoms with E-state index in [4.69, 9.17) is 5.73 Å². The van der Waals surface area contributed by atoms with Gasteiger partial charge in [-0.05, 0) is 24.6 Å². The van der Waals surface area contributed by atoms with E-state index in [1.54, 1.807) is 12.3 Å². The third kappa shape index (κ3) is 1.92.